The number of nitrogens with one attached hydrogen (secondary N) is 2. The van der Waals surface area contributed by atoms with E-state index in [1.54, 1.807) is 11.1 Å². The first-order valence-electron chi connectivity index (χ1n) is 41.0. The number of hydrogen-bond acceptors (Lipinski definition) is 12. The van der Waals surface area contributed by atoms with Crippen molar-refractivity contribution in [2.45, 2.75) is 276 Å². The molecule has 10 fully saturated rings. The fraction of sp³-hybridized carbons (Fsp3) is 0.884. The summed E-state index contributed by atoms with van der Waals surface area (Å²) in [5.41, 5.74) is 7.64. The van der Waals surface area contributed by atoms with Gasteiger partial charge in [0.05, 0.1) is 29.4 Å². The summed E-state index contributed by atoms with van der Waals surface area (Å²) in [7, 11) is -9.03. The van der Waals surface area contributed by atoms with Crippen molar-refractivity contribution in [3.63, 3.8) is 0 Å². The van der Waals surface area contributed by atoms with Crippen LogP contribution in [0, 0.1) is 113 Å². The fourth-order valence-electron chi connectivity index (χ4n) is 28.4. The quantitative estimate of drug-likeness (QED) is 0.0870. The highest BCUT2D eigenvalue weighted by molar-refractivity contribution is 7.92. The van der Waals surface area contributed by atoms with Gasteiger partial charge in [0.15, 0.2) is 29.5 Å². The number of carboxylic acids is 1. The maximum atomic E-state index is 12.6. The van der Waals surface area contributed by atoms with Crippen LogP contribution >= 0.6 is 0 Å². The van der Waals surface area contributed by atoms with Gasteiger partial charge in [0.1, 0.15) is 11.5 Å². The molecule has 0 aromatic heterocycles. The zero-order chi connectivity index (χ0) is 74.9. The van der Waals surface area contributed by atoms with E-state index in [0.717, 1.165) is 71.0 Å². The first kappa shape index (κ1) is 80.8. The Labute approximate surface area is 622 Å². The van der Waals surface area contributed by atoms with Crippen molar-refractivity contribution in [2.75, 3.05) is 87.4 Å². The molecular formula is C86H144N4O9S3. The lowest BCUT2D eigenvalue weighted by Crippen LogP contribution is -2.68. The Kier molecular flexibility index (Phi) is 22.4. The predicted molar refractivity (Wildman–Crippen MR) is 419 cm³/mol. The Morgan fingerprint density at radius 2 is 0.902 bits per heavy atom. The molecule has 10 aliphatic carbocycles. The van der Waals surface area contributed by atoms with Crippen LogP contribution in [0.4, 0.5) is 0 Å². The number of carbonyl (C=O) groups is 2. The summed E-state index contributed by atoms with van der Waals surface area (Å²) < 4.78 is 71.6. The van der Waals surface area contributed by atoms with Gasteiger partial charge in [-0.3, -0.25) is 9.59 Å². The standard InChI is InChI=1S/C44H74N2O5S2.C42H70N2O4S/c1-31(2)34-15-20-44(45-23-24-46-25-27-53(50,51)28-26-46)22-21-42(8)35(38(34)44)11-12-37-41(7)18-14-32(40(5,6)36(41)16-19-43(37,42)9)13-17-39(3,4)29-33(47)30-52(10,48)49;1-29(2)31-14-19-42(43-22-23-44-24-26-49(47,48)27-25-44)21-20-40(8)32(36(31)42)10-11-34-39(7)17-13-30(12-16-37(3,4)28-35(45)46)38(5,6)33(39)15-18-41(34,40)9/h14,34-38,45H,1,11-13,15-30H2,2-10H3;13,31-34,36,43H,1,10-12,14-28H2,2-9H3,(H,45,46)/t34-,35+,36-,37+,38+,41-,42+,43+,44-;31-,32+,33-,34+,36+,39-,40+,41+,42-/m00/s1. The minimum absolute atomic E-state index is 0.0829. The Balaban J connectivity index is 0.000000206. The molecule has 8 saturated carbocycles. The molecule has 18 atom stereocenters. The molecule has 0 amide bonds. The second-order valence-corrected chi connectivity index (χ2v) is 48.3. The zero-order valence-corrected chi connectivity index (χ0v) is 69.8. The number of rotatable bonds is 22. The lowest BCUT2D eigenvalue weighted by molar-refractivity contribution is -0.221. The molecule has 0 spiro atoms. The van der Waals surface area contributed by atoms with Gasteiger partial charge in [-0.25, -0.2) is 25.3 Å². The number of hydrogen-bond donors (Lipinski definition) is 3. The molecule has 580 valence electrons. The monoisotopic (exact) mass is 1470 g/mol. The number of ketones is 1. The predicted octanol–water partition coefficient (Wildman–Crippen LogP) is 16.6. The summed E-state index contributed by atoms with van der Waals surface area (Å²) in [5.74, 6) is 6.37. The molecule has 0 unspecified atom stereocenters. The third kappa shape index (κ3) is 14.8. The summed E-state index contributed by atoms with van der Waals surface area (Å²) in [5, 5.41) is 17.9. The van der Waals surface area contributed by atoms with Crippen LogP contribution in [-0.4, -0.2) is 150 Å². The summed E-state index contributed by atoms with van der Waals surface area (Å²) >= 11 is 0. The molecule has 2 heterocycles. The van der Waals surface area contributed by atoms with E-state index in [2.05, 4.69) is 157 Å². The summed E-state index contributed by atoms with van der Waals surface area (Å²) in [6, 6.07) is 0. The number of aliphatic carboxylic acids is 1. The molecule has 0 radical (unpaired) electrons. The van der Waals surface area contributed by atoms with Crippen molar-refractivity contribution < 1.29 is 39.9 Å². The molecule has 12 rings (SSSR count). The highest BCUT2D eigenvalue weighted by Gasteiger charge is 2.73. The van der Waals surface area contributed by atoms with Crippen LogP contribution in [0.3, 0.4) is 0 Å². The number of Topliss-reactive ketones (excluding diaryl/α,β-unsaturated/α-hetero) is 1. The highest BCUT2D eigenvalue weighted by atomic mass is 32.2. The molecule has 0 aromatic rings. The largest absolute Gasteiger partial charge is 0.481 e. The average molecular weight is 1470 g/mol. The van der Waals surface area contributed by atoms with Gasteiger partial charge in [0, 0.05) is 76.1 Å². The number of sulfone groups is 3. The number of allylic oxidation sites excluding steroid dienone is 6. The van der Waals surface area contributed by atoms with Crippen LogP contribution in [0.15, 0.2) is 47.6 Å². The Bertz CT molecular complexity index is 3580. The average Bonchev–Trinajstić information content (AvgIpc) is 0.992. The van der Waals surface area contributed by atoms with Gasteiger partial charge >= 0.3 is 5.97 Å². The van der Waals surface area contributed by atoms with E-state index < -0.39 is 35.5 Å². The van der Waals surface area contributed by atoms with Gasteiger partial charge in [-0.2, -0.15) is 0 Å². The third-order valence-electron chi connectivity index (χ3n) is 34.2. The summed E-state index contributed by atoms with van der Waals surface area (Å²) in [4.78, 5) is 28.8. The van der Waals surface area contributed by atoms with E-state index in [1.165, 1.54) is 114 Å². The molecule has 2 saturated heterocycles. The van der Waals surface area contributed by atoms with Crippen molar-refractivity contribution in [3.05, 3.63) is 47.6 Å². The normalized spacial score (nSPS) is 42.0. The van der Waals surface area contributed by atoms with Crippen LogP contribution in [-0.2, 0) is 39.1 Å². The topological polar surface area (TPSA) is 187 Å². The molecule has 102 heavy (non-hydrogen) atoms. The van der Waals surface area contributed by atoms with Gasteiger partial charge in [0.25, 0.3) is 0 Å². The van der Waals surface area contributed by atoms with Gasteiger partial charge in [-0.15, -0.1) is 0 Å². The van der Waals surface area contributed by atoms with E-state index in [0.29, 0.717) is 126 Å². The third-order valence-corrected chi connectivity index (χ3v) is 38.3. The number of fused-ring (bicyclic) bond motifs is 14. The number of nitrogens with zero attached hydrogens (tertiary/aromatic N) is 2. The van der Waals surface area contributed by atoms with Gasteiger partial charge in [0.2, 0.25) is 0 Å². The minimum atomic E-state index is -3.31. The molecule has 0 aromatic carbocycles. The lowest BCUT2D eigenvalue weighted by atomic mass is 9.33. The molecule has 13 nitrogen and oxygen atoms in total. The van der Waals surface area contributed by atoms with Crippen LogP contribution in [0.5, 0.6) is 0 Å². The Morgan fingerprint density at radius 1 is 0.529 bits per heavy atom. The van der Waals surface area contributed by atoms with Crippen molar-refractivity contribution in [1.82, 2.24) is 20.4 Å². The molecule has 0 bridgehead atoms. The fourth-order valence-corrected chi connectivity index (χ4v) is 31.6. The van der Waals surface area contributed by atoms with Crippen LogP contribution < -0.4 is 10.6 Å². The minimum Gasteiger partial charge on any atom is -0.481 e. The van der Waals surface area contributed by atoms with Crippen molar-refractivity contribution in [2.24, 2.45) is 113 Å². The Morgan fingerprint density at radius 3 is 1.25 bits per heavy atom. The van der Waals surface area contributed by atoms with E-state index in [-0.39, 0.29) is 72.4 Å². The second-order valence-electron chi connectivity index (χ2n) is 41.5. The van der Waals surface area contributed by atoms with Crippen molar-refractivity contribution >= 4 is 41.3 Å². The number of carboxylic acid groups (broad SMARTS) is 1. The molecule has 16 heteroatoms. The maximum absolute atomic E-state index is 12.6. The van der Waals surface area contributed by atoms with Crippen LogP contribution in [0.1, 0.15) is 265 Å². The lowest BCUT2D eigenvalue weighted by Gasteiger charge is -2.72. The van der Waals surface area contributed by atoms with E-state index in [4.69, 9.17) is 0 Å². The van der Waals surface area contributed by atoms with E-state index >= 15 is 0 Å². The molecule has 12 aliphatic rings. The smallest absolute Gasteiger partial charge is 0.303 e. The van der Waals surface area contributed by atoms with Gasteiger partial charge in [-0.05, 0) is 268 Å². The number of carbonyl (C=O) groups excluding carboxylic acids is 1. The highest BCUT2D eigenvalue weighted by Crippen LogP contribution is 2.79. The molecule has 3 N–H and O–H groups in total. The van der Waals surface area contributed by atoms with Crippen LogP contribution in [0.25, 0.3) is 0 Å². The van der Waals surface area contributed by atoms with Gasteiger partial charge in [-0.1, -0.05) is 145 Å². The van der Waals surface area contributed by atoms with Gasteiger partial charge < -0.3 is 25.5 Å². The Hall–Kier alpha value is -2.21. The van der Waals surface area contributed by atoms with E-state index in [1.807, 2.05) is 0 Å². The summed E-state index contributed by atoms with van der Waals surface area (Å²) in [6.45, 7) is 54.8. The zero-order valence-electron chi connectivity index (χ0n) is 67.3. The molecular weight excluding hydrogens is 1330 g/mol. The van der Waals surface area contributed by atoms with Crippen LogP contribution in [0.2, 0.25) is 0 Å². The van der Waals surface area contributed by atoms with Crippen molar-refractivity contribution in [1.29, 1.82) is 0 Å². The van der Waals surface area contributed by atoms with E-state index in [9.17, 15) is 39.9 Å². The first-order chi connectivity index (χ1) is 47.1. The van der Waals surface area contributed by atoms with Crippen molar-refractivity contribution in [3.8, 4) is 0 Å². The SMILES string of the molecule is C=C(C)[C@@H]1CC[C@]2(NCCN3CCS(=O)(=O)CC3)CC[C@]3(C)[C@H](CC[C@@H]4[C@@]5(C)CC=C(CCC(C)(C)CC(=O)CS(C)(=O)=O)C(C)(C)[C@@H]5CC[C@]43C)[C@@H]12.C=C(C)[C@@H]1CC[C@]2(NCCN3CCS(=O)(=O)CC3)CC[C@]3(C)[C@H](CC[C@@H]4[C@@]5(C)CC=C(CCC(C)(C)CC(=O)O)C(C)(C)[C@@H]5CC[C@]43C)[C@@H]12. The molecule has 2 aliphatic heterocycles. The second kappa shape index (κ2) is 28.3. The maximum Gasteiger partial charge on any atom is 0.303 e. The summed E-state index contributed by atoms with van der Waals surface area (Å²) in [6.07, 6.45) is 33.4. The first-order valence-corrected chi connectivity index (χ1v) is 46.8.